The molecule has 0 aromatic carbocycles. The summed E-state index contributed by atoms with van der Waals surface area (Å²) in [7, 11) is 0. The molecular formula is C4H6FO3. The summed E-state index contributed by atoms with van der Waals surface area (Å²) in [5, 5.41) is 16.8. The fourth-order valence-corrected chi connectivity index (χ4v) is 0.446. The van der Waals surface area contributed by atoms with Crippen LogP contribution in [0.4, 0.5) is 4.39 Å². The van der Waals surface area contributed by atoms with Crippen molar-refractivity contribution in [3.05, 3.63) is 6.61 Å². The average Bonchev–Trinajstić information content (AvgIpc) is 1.86. The lowest BCUT2D eigenvalue weighted by Crippen LogP contribution is -2.34. The van der Waals surface area contributed by atoms with E-state index < -0.39 is 18.6 Å². The van der Waals surface area contributed by atoms with E-state index in [9.17, 15) is 4.39 Å². The summed E-state index contributed by atoms with van der Waals surface area (Å²) in [6.07, 6.45) is -1.50. The van der Waals surface area contributed by atoms with Crippen molar-refractivity contribution in [2.45, 2.75) is 12.0 Å². The number of halogens is 1. The quantitative estimate of drug-likeness (QED) is 0.441. The molecule has 0 aromatic heterocycles. The van der Waals surface area contributed by atoms with Crippen molar-refractivity contribution in [2.75, 3.05) is 6.61 Å². The number of ether oxygens (including phenoxy) is 1. The van der Waals surface area contributed by atoms with E-state index >= 15 is 0 Å². The first-order valence-electron chi connectivity index (χ1n) is 2.17. The van der Waals surface area contributed by atoms with Gasteiger partial charge in [0, 0.05) is 0 Å². The van der Waals surface area contributed by atoms with Crippen LogP contribution < -0.4 is 0 Å². The summed E-state index contributed by atoms with van der Waals surface area (Å²) >= 11 is 0. The molecule has 1 saturated heterocycles. The van der Waals surface area contributed by atoms with Crippen LogP contribution in [0.1, 0.15) is 0 Å². The second-order valence-electron chi connectivity index (χ2n) is 1.71. The summed E-state index contributed by atoms with van der Waals surface area (Å²) < 4.78 is 16.4. The van der Waals surface area contributed by atoms with Crippen molar-refractivity contribution in [2.24, 2.45) is 0 Å². The number of hydrogen-bond donors (Lipinski definition) is 2. The van der Waals surface area contributed by atoms with Gasteiger partial charge < -0.3 is 14.9 Å². The van der Waals surface area contributed by atoms with Gasteiger partial charge in [-0.05, 0) is 0 Å². The van der Waals surface area contributed by atoms with Gasteiger partial charge in [0.1, 0.15) is 19.3 Å². The van der Waals surface area contributed by atoms with Crippen molar-refractivity contribution < 1.29 is 19.3 Å². The van der Waals surface area contributed by atoms with Gasteiger partial charge in [0.2, 0.25) is 0 Å². The third-order valence-corrected chi connectivity index (χ3v) is 0.964. The molecule has 0 unspecified atom stereocenters. The molecule has 3 nitrogen and oxygen atoms in total. The molecule has 47 valence electrons. The Labute approximate surface area is 45.7 Å². The van der Waals surface area contributed by atoms with Gasteiger partial charge >= 0.3 is 0 Å². The molecule has 0 aromatic rings. The Kier molecular flexibility index (Phi) is 1.22. The largest absolute Gasteiger partial charge is 0.384 e. The van der Waals surface area contributed by atoms with Crippen LogP contribution in [-0.4, -0.2) is 28.8 Å². The van der Waals surface area contributed by atoms with Crippen LogP contribution in [0, 0.1) is 6.61 Å². The lowest BCUT2D eigenvalue weighted by Gasteiger charge is -2.11. The van der Waals surface area contributed by atoms with Crippen LogP contribution in [0.5, 0.6) is 0 Å². The monoisotopic (exact) mass is 121 g/mol. The Morgan fingerprint density at radius 2 is 2.50 bits per heavy atom. The number of alkyl halides is 1. The van der Waals surface area contributed by atoms with Gasteiger partial charge in [-0.3, -0.25) is 0 Å². The lowest BCUT2D eigenvalue weighted by atomic mass is 10.2. The molecule has 2 atom stereocenters. The summed E-state index contributed by atoms with van der Waals surface area (Å²) in [6.45, 7) is 0.383. The second kappa shape index (κ2) is 1.65. The van der Waals surface area contributed by atoms with Crippen molar-refractivity contribution in [3.8, 4) is 0 Å². The molecule has 1 radical (unpaired) electrons. The first-order valence-corrected chi connectivity index (χ1v) is 2.17. The molecule has 0 bridgehead atoms. The van der Waals surface area contributed by atoms with Gasteiger partial charge in [0.25, 0.3) is 5.85 Å². The fourth-order valence-electron chi connectivity index (χ4n) is 0.446. The molecule has 1 heterocycles. The van der Waals surface area contributed by atoms with Gasteiger partial charge in [-0.15, -0.1) is 0 Å². The maximum Gasteiger partial charge on any atom is 0.259 e. The molecule has 1 fully saturated rings. The number of aliphatic hydroxyl groups is 2. The van der Waals surface area contributed by atoms with Crippen LogP contribution in [-0.2, 0) is 4.74 Å². The SMILES string of the molecule is O[C@H]1[CH]OC[C@]1(O)F. The van der Waals surface area contributed by atoms with E-state index in [2.05, 4.69) is 4.74 Å². The smallest absolute Gasteiger partial charge is 0.259 e. The van der Waals surface area contributed by atoms with E-state index in [0.717, 1.165) is 6.61 Å². The van der Waals surface area contributed by atoms with E-state index in [1.807, 2.05) is 0 Å². The van der Waals surface area contributed by atoms with E-state index in [0.29, 0.717) is 0 Å². The molecule has 1 aliphatic heterocycles. The zero-order valence-corrected chi connectivity index (χ0v) is 4.04. The molecular weight excluding hydrogens is 115 g/mol. The summed E-state index contributed by atoms with van der Waals surface area (Å²) in [5.41, 5.74) is 0. The number of hydrogen-bond acceptors (Lipinski definition) is 3. The second-order valence-corrected chi connectivity index (χ2v) is 1.71. The van der Waals surface area contributed by atoms with Gasteiger partial charge in [-0.25, -0.2) is 4.39 Å². The minimum Gasteiger partial charge on any atom is -0.384 e. The zero-order chi connectivity index (χ0) is 6.20. The predicted octanol–water partition coefficient (Wildman–Crippen LogP) is -0.803. The molecule has 2 N–H and O–H groups in total. The standard InChI is InChI=1S/C4H6FO3/c5-4(7)2-8-1-3(4)6/h1,3,6-7H,2H2/t3-,4+/m0/s1. The highest BCUT2D eigenvalue weighted by atomic mass is 19.2. The Hall–Kier alpha value is -0.190. The summed E-state index contributed by atoms with van der Waals surface area (Å²) in [5.74, 6) is -2.57. The predicted molar refractivity (Wildman–Crippen MR) is 22.3 cm³/mol. The maximum atomic E-state index is 12.2. The number of aliphatic hydroxyl groups excluding tert-OH is 1. The molecule has 4 heteroatoms. The van der Waals surface area contributed by atoms with E-state index in [4.69, 9.17) is 10.2 Å². The maximum absolute atomic E-state index is 12.2. The summed E-state index contributed by atoms with van der Waals surface area (Å²) in [6, 6.07) is 0. The Bertz CT molecular complexity index is 93.3. The van der Waals surface area contributed by atoms with Crippen LogP contribution in [0.25, 0.3) is 0 Å². The van der Waals surface area contributed by atoms with Gasteiger partial charge in [-0.1, -0.05) is 0 Å². The minimum absolute atomic E-state index is 0.478. The molecule has 0 saturated carbocycles. The van der Waals surface area contributed by atoms with Crippen molar-refractivity contribution in [3.63, 3.8) is 0 Å². The van der Waals surface area contributed by atoms with Crippen LogP contribution >= 0.6 is 0 Å². The van der Waals surface area contributed by atoms with Gasteiger partial charge in [0.15, 0.2) is 0 Å². The highest BCUT2D eigenvalue weighted by Crippen LogP contribution is 2.22. The normalized spacial score (nSPS) is 47.6. The Morgan fingerprint density at radius 1 is 1.88 bits per heavy atom. The Morgan fingerprint density at radius 3 is 2.62 bits per heavy atom. The highest BCUT2D eigenvalue weighted by Gasteiger charge is 2.42. The first kappa shape index (κ1) is 5.94. The highest BCUT2D eigenvalue weighted by molar-refractivity contribution is 4.88. The Balaban J connectivity index is 2.54. The molecule has 8 heavy (non-hydrogen) atoms. The zero-order valence-electron chi connectivity index (χ0n) is 4.04. The molecule has 1 rings (SSSR count). The molecule has 0 amide bonds. The topological polar surface area (TPSA) is 49.7 Å². The van der Waals surface area contributed by atoms with E-state index in [-0.39, 0.29) is 0 Å². The average molecular weight is 121 g/mol. The minimum atomic E-state index is -2.57. The third kappa shape index (κ3) is 0.819. The molecule has 0 aliphatic carbocycles. The first-order chi connectivity index (χ1) is 3.63. The van der Waals surface area contributed by atoms with Crippen molar-refractivity contribution >= 4 is 0 Å². The fraction of sp³-hybridized carbons (Fsp3) is 0.750. The lowest BCUT2D eigenvalue weighted by molar-refractivity contribution is -0.141. The summed E-state index contributed by atoms with van der Waals surface area (Å²) in [4.78, 5) is 0. The van der Waals surface area contributed by atoms with Crippen molar-refractivity contribution in [1.82, 2.24) is 0 Å². The van der Waals surface area contributed by atoms with Crippen LogP contribution in [0.15, 0.2) is 0 Å². The van der Waals surface area contributed by atoms with Crippen molar-refractivity contribution in [1.29, 1.82) is 0 Å². The molecule has 1 aliphatic rings. The third-order valence-electron chi connectivity index (χ3n) is 0.964. The number of rotatable bonds is 0. The van der Waals surface area contributed by atoms with E-state index in [1.54, 1.807) is 0 Å². The van der Waals surface area contributed by atoms with E-state index in [1.165, 1.54) is 0 Å². The van der Waals surface area contributed by atoms with Gasteiger partial charge in [-0.2, -0.15) is 0 Å². The van der Waals surface area contributed by atoms with Crippen LogP contribution in [0.3, 0.4) is 0 Å². The molecule has 0 spiro atoms. The van der Waals surface area contributed by atoms with Crippen LogP contribution in [0.2, 0.25) is 0 Å². The van der Waals surface area contributed by atoms with Gasteiger partial charge in [0.05, 0.1) is 0 Å².